The largest absolute Gasteiger partial charge is 0.494 e. The third kappa shape index (κ3) is 2.88. The number of ether oxygens (including phenoxy) is 1. The fourth-order valence-electron chi connectivity index (χ4n) is 4.43. The SMILES string of the molecule is CCCOc1ccc(/C=C/[C@]23NC(=O)CCN2c2ccccc2C3(C)C)cc1. The molecular weight excluding hydrogens is 348 g/mol. The number of fused-ring (bicyclic) bond motifs is 3. The lowest BCUT2D eigenvalue weighted by Gasteiger charge is -2.49. The molecule has 0 aliphatic carbocycles. The van der Waals surface area contributed by atoms with E-state index in [-0.39, 0.29) is 11.3 Å². The minimum absolute atomic E-state index is 0.102. The number of carbonyl (C=O) groups excluding carboxylic acids is 1. The first kappa shape index (κ1) is 18.6. The highest BCUT2D eigenvalue weighted by atomic mass is 16.5. The van der Waals surface area contributed by atoms with Gasteiger partial charge in [0.1, 0.15) is 11.4 Å². The van der Waals surface area contributed by atoms with Gasteiger partial charge in [0.15, 0.2) is 0 Å². The van der Waals surface area contributed by atoms with Gasteiger partial charge in [0.05, 0.1) is 6.61 Å². The Balaban J connectivity index is 1.69. The number of anilines is 1. The first-order valence-corrected chi connectivity index (χ1v) is 10.1. The van der Waals surface area contributed by atoms with Crippen molar-refractivity contribution in [3.8, 4) is 5.75 Å². The Morgan fingerprint density at radius 1 is 1.14 bits per heavy atom. The van der Waals surface area contributed by atoms with Crippen LogP contribution in [-0.4, -0.2) is 24.7 Å². The molecule has 2 aromatic rings. The summed E-state index contributed by atoms with van der Waals surface area (Å²) in [7, 11) is 0. The predicted octanol–water partition coefficient (Wildman–Crippen LogP) is 4.50. The Morgan fingerprint density at radius 3 is 2.64 bits per heavy atom. The molecular formula is C24H28N2O2. The molecule has 28 heavy (non-hydrogen) atoms. The second-order valence-electron chi connectivity index (χ2n) is 8.11. The van der Waals surface area contributed by atoms with Crippen LogP contribution in [0.3, 0.4) is 0 Å². The number of benzene rings is 2. The topological polar surface area (TPSA) is 41.6 Å². The number of para-hydroxylation sites is 1. The smallest absolute Gasteiger partial charge is 0.223 e. The van der Waals surface area contributed by atoms with Gasteiger partial charge in [-0.1, -0.05) is 57.2 Å². The van der Waals surface area contributed by atoms with Crippen molar-refractivity contribution in [3.05, 3.63) is 65.7 Å². The van der Waals surface area contributed by atoms with Crippen LogP contribution in [0.2, 0.25) is 0 Å². The molecule has 1 fully saturated rings. The van der Waals surface area contributed by atoms with Crippen molar-refractivity contribution in [3.63, 3.8) is 0 Å². The van der Waals surface area contributed by atoms with Crippen molar-refractivity contribution in [2.24, 2.45) is 0 Å². The molecule has 0 radical (unpaired) electrons. The average molecular weight is 377 g/mol. The Kier molecular flexibility index (Phi) is 4.66. The van der Waals surface area contributed by atoms with Crippen LogP contribution in [0.25, 0.3) is 6.08 Å². The summed E-state index contributed by atoms with van der Waals surface area (Å²) >= 11 is 0. The lowest BCUT2D eigenvalue weighted by molar-refractivity contribution is -0.124. The highest BCUT2D eigenvalue weighted by Gasteiger charge is 2.57. The molecule has 0 unspecified atom stereocenters. The zero-order chi connectivity index (χ0) is 19.8. The van der Waals surface area contributed by atoms with Gasteiger partial charge in [0.2, 0.25) is 5.91 Å². The summed E-state index contributed by atoms with van der Waals surface area (Å²) in [5.41, 5.74) is 2.75. The number of nitrogens with zero attached hydrogens (tertiary/aromatic N) is 1. The van der Waals surface area contributed by atoms with Gasteiger partial charge in [-0.2, -0.15) is 0 Å². The number of hydrogen-bond acceptors (Lipinski definition) is 3. The highest BCUT2D eigenvalue weighted by Crippen LogP contribution is 2.52. The quantitative estimate of drug-likeness (QED) is 0.835. The maximum Gasteiger partial charge on any atom is 0.223 e. The maximum absolute atomic E-state index is 12.4. The number of carbonyl (C=O) groups is 1. The van der Waals surface area contributed by atoms with E-state index >= 15 is 0 Å². The molecule has 0 bridgehead atoms. The summed E-state index contributed by atoms with van der Waals surface area (Å²) in [4.78, 5) is 14.8. The molecule has 1 N–H and O–H groups in total. The lowest BCUT2D eigenvalue weighted by atomic mass is 9.74. The van der Waals surface area contributed by atoms with Crippen molar-refractivity contribution < 1.29 is 9.53 Å². The second-order valence-corrected chi connectivity index (χ2v) is 8.11. The zero-order valence-electron chi connectivity index (χ0n) is 16.9. The van der Waals surface area contributed by atoms with E-state index in [4.69, 9.17) is 4.74 Å². The van der Waals surface area contributed by atoms with Crippen molar-refractivity contribution in [2.45, 2.75) is 44.7 Å². The number of rotatable bonds is 5. The molecule has 1 amide bonds. The predicted molar refractivity (Wildman–Crippen MR) is 114 cm³/mol. The van der Waals surface area contributed by atoms with Gasteiger partial charge in [0.25, 0.3) is 0 Å². The standard InChI is InChI=1S/C24H28N2O2/c1-4-17-28-19-11-9-18(10-12-19)13-15-24-23(2,3)20-7-5-6-8-21(20)26(24)16-14-22(27)25-24/h5-13,15H,4,14,16-17H2,1-3H3,(H,25,27)/b15-13+/t24-/m0/s1. The van der Waals surface area contributed by atoms with Crippen molar-refractivity contribution in [1.82, 2.24) is 5.32 Å². The fraction of sp³-hybridized carbons (Fsp3) is 0.375. The van der Waals surface area contributed by atoms with Crippen LogP contribution in [0.4, 0.5) is 5.69 Å². The Hall–Kier alpha value is -2.75. The summed E-state index contributed by atoms with van der Waals surface area (Å²) in [5.74, 6) is 0.989. The molecule has 4 rings (SSSR count). The van der Waals surface area contributed by atoms with Crippen LogP contribution in [0, 0.1) is 0 Å². The third-order valence-electron chi connectivity index (χ3n) is 6.01. The van der Waals surface area contributed by atoms with Crippen LogP contribution in [0.15, 0.2) is 54.6 Å². The fourth-order valence-corrected chi connectivity index (χ4v) is 4.43. The first-order chi connectivity index (χ1) is 13.5. The van der Waals surface area contributed by atoms with Gasteiger partial charge in [-0.15, -0.1) is 0 Å². The summed E-state index contributed by atoms with van der Waals surface area (Å²) in [6.07, 6.45) is 5.78. The average Bonchev–Trinajstić information content (AvgIpc) is 2.90. The van der Waals surface area contributed by atoms with Crippen LogP contribution in [0.1, 0.15) is 44.7 Å². The molecule has 2 heterocycles. The van der Waals surface area contributed by atoms with Crippen molar-refractivity contribution in [1.29, 1.82) is 0 Å². The molecule has 4 heteroatoms. The molecule has 2 aliphatic rings. The van der Waals surface area contributed by atoms with Gasteiger partial charge < -0.3 is 15.0 Å². The Labute approximate surface area is 167 Å². The number of nitrogens with one attached hydrogen (secondary N) is 1. The second kappa shape index (κ2) is 7.01. The Bertz CT molecular complexity index is 901. The van der Waals surface area contributed by atoms with E-state index in [1.54, 1.807) is 0 Å². The van der Waals surface area contributed by atoms with Gasteiger partial charge in [-0.05, 0) is 41.8 Å². The highest BCUT2D eigenvalue weighted by molar-refractivity contribution is 5.84. The van der Waals surface area contributed by atoms with E-state index in [1.807, 2.05) is 12.1 Å². The third-order valence-corrected chi connectivity index (χ3v) is 6.01. The van der Waals surface area contributed by atoms with E-state index in [2.05, 4.69) is 79.5 Å². The summed E-state index contributed by atoms with van der Waals surface area (Å²) in [5, 5.41) is 3.31. The molecule has 0 saturated carbocycles. The van der Waals surface area contributed by atoms with E-state index < -0.39 is 5.66 Å². The van der Waals surface area contributed by atoms with E-state index in [0.29, 0.717) is 6.42 Å². The van der Waals surface area contributed by atoms with Crippen LogP contribution in [-0.2, 0) is 10.2 Å². The molecule has 1 saturated heterocycles. The lowest BCUT2D eigenvalue weighted by Crippen LogP contribution is -2.68. The monoisotopic (exact) mass is 376 g/mol. The van der Waals surface area contributed by atoms with Crippen molar-refractivity contribution >= 4 is 17.7 Å². The molecule has 146 valence electrons. The molecule has 0 aromatic heterocycles. The Morgan fingerprint density at radius 2 is 1.89 bits per heavy atom. The van der Waals surface area contributed by atoms with Crippen molar-refractivity contribution in [2.75, 3.05) is 18.1 Å². The zero-order valence-corrected chi connectivity index (χ0v) is 16.9. The molecule has 2 aliphatic heterocycles. The molecule has 0 spiro atoms. The first-order valence-electron chi connectivity index (χ1n) is 10.1. The van der Waals surface area contributed by atoms with Crippen LogP contribution < -0.4 is 15.0 Å². The maximum atomic E-state index is 12.4. The minimum atomic E-state index is -0.566. The number of amides is 1. The van der Waals surface area contributed by atoms with Gasteiger partial charge in [-0.25, -0.2) is 0 Å². The van der Waals surface area contributed by atoms with Crippen LogP contribution >= 0.6 is 0 Å². The van der Waals surface area contributed by atoms with Gasteiger partial charge >= 0.3 is 0 Å². The number of hydrogen-bond donors (Lipinski definition) is 1. The minimum Gasteiger partial charge on any atom is -0.494 e. The normalized spacial score (nSPS) is 22.7. The summed E-state index contributed by atoms with van der Waals surface area (Å²) in [6, 6.07) is 16.6. The van der Waals surface area contributed by atoms with Gasteiger partial charge in [0, 0.05) is 24.1 Å². The van der Waals surface area contributed by atoms with Crippen LogP contribution in [0.5, 0.6) is 5.75 Å². The summed E-state index contributed by atoms with van der Waals surface area (Å²) in [6.45, 7) is 7.97. The van der Waals surface area contributed by atoms with Gasteiger partial charge in [-0.3, -0.25) is 4.79 Å². The summed E-state index contributed by atoms with van der Waals surface area (Å²) < 4.78 is 5.67. The van der Waals surface area contributed by atoms with E-state index in [1.165, 1.54) is 11.3 Å². The molecule has 4 nitrogen and oxygen atoms in total. The molecule has 1 atom stereocenters. The van der Waals surface area contributed by atoms with E-state index in [9.17, 15) is 4.79 Å². The molecule has 2 aromatic carbocycles. The van der Waals surface area contributed by atoms with E-state index in [0.717, 1.165) is 30.9 Å².